The fraction of sp³-hybridized carbons (Fsp3) is 0.333. The standard InChI is InChI=1S/C12H15N3O2S/c13-11(18)5-12-14-9-3-1-2-4-10(9)15(12)6-8(17)7-16/h1-4,8,16-17H,5-7H2,(H2,13,18). The van der Waals surface area contributed by atoms with Crippen LogP contribution in [0.15, 0.2) is 24.3 Å². The average molecular weight is 265 g/mol. The Labute approximate surface area is 110 Å². The summed E-state index contributed by atoms with van der Waals surface area (Å²) >= 11 is 4.90. The fourth-order valence-corrected chi connectivity index (χ4v) is 2.02. The molecule has 18 heavy (non-hydrogen) atoms. The molecule has 0 radical (unpaired) electrons. The lowest BCUT2D eigenvalue weighted by Crippen LogP contribution is -2.23. The molecule has 96 valence electrons. The smallest absolute Gasteiger partial charge is 0.116 e. The molecule has 0 bridgehead atoms. The Kier molecular flexibility index (Phi) is 3.90. The quantitative estimate of drug-likeness (QED) is 0.673. The van der Waals surface area contributed by atoms with Crippen LogP contribution in [0.1, 0.15) is 5.82 Å². The molecule has 1 unspecified atom stereocenters. The van der Waals surface area contributed by atoms with Crippen molar-refractivity contribution in [3.05, 3.63) is 30.1 Å². The van der Waals surface area contributed by atoms with Crippen molar-refractivity contribution in [2.45, 2.75) is 19.1 Å². The molecule has 1 heterocycles. The molecule has 2 rings (SSSR count). The Morgan fingerprint density at radius 2 is 2.17 bits per heavy atom. The van der Waals surface area contributed by atoms with Gasteiger partial charge in [-0.3, -0.25) is 0 Å². The number of nitrogens with two attached hydrogens (primary N) is 1. The zero-order valence-electron chi connectivity index (χ0n) is 9.78. The Hall–Kier alpha value is -1.50. The molecule has 2 aromatic rings. The molecule has 0 amide bonds. The van der Waals surface area contributed by atoms with Crippen molar-refractivity contribution in [3.8, 4) is 0 Å². The van der Waals surface area contributed by atoms with E-state index in [1.165, 1.54) is 0 Å². The molecule has 6 heteroatoms. The van der Waals surface area contributed by atoms with Gasteiger partial charge in [0.1, 0.15) is 5.82 Å². The van der Waals surface area contributed by atoms with Crippen molar-refractivity contribution in [3.63, 3.8) is 0 Å². The van der Waals surface area contributed by atoms with Gasteiger partial charge in [0.05, 0.1) is 41.7 Å². The van der Waals surface area contributed by atoms with Gasteiger partial charge in [-0.1, -0.05) is 24.4 Å². The minimum atomic E-state index is -0.826. The van der Waals surface area contributed by atoms with Crippen LogP contribution in [0, 0.1) is 0 Å². The number of aromatic nitrogens is 2. The molecule has 0 aliphatic carbocycles. The molecule has 0 aliphatic heterocycles. The Morgan fingerprint density at radius 3 is 2.83 bits per heavy atom. The summed E-state index contributed by atoms with van der Waals surface area (Å²) in [5, 5.41) is 18.5. The van der Waals surface area contributed by atoms with Crippen LogP contribution in [0.2, 0.25) is 0 Å². The van der Waals surface area contributed by atoms with Crippen molar-refractivity contribution < 1.29 is 10.2 Å². The fourth-order valence-electron chi connectivity index (χ4n) is 1.89. The van der Waals surface area contributed by atoms with Crippen LogP contribution in [-0.2, 0) is 13.0 Å². The predicted octanol–water partition coefficient (Wildman–Crippen LogP) is 0.218. The molecule has 0 aliphatic rings. The lowest BCUT2D eigenvalue weighted by Gasteiger charge is -2.12. The van der Waals surface area contributed by atoms with E-state index in [0.29, 0.717) is 17.2 Å². The van der Waals surface area contributed by atoms with E-state index >= 15 is 0 Å². The van der Waals surface area contributed by atoms with Crippen LogP contribution in [-0.4, -0.2) is 37.5 Å². The first-order chi connectivity index (χ1) is 8.61. The van der Waals surface area contributed by atoms with Crippen LogP contribution in [0.25, 0.3) is 11.0 Å². The number of hydrogen-bond donors (Lipinski definition) is 3. The predicted molar refractivity (Wildman–Crippen MR) is 73.3 cm³/mol. The second kappa shape index (κ2) is 5.43. The van der Waals surface area contributed by atoms with Crippen LogP contribution in [0.4, 0.5) is 0 Å². The van der Waals surface area contributed by atoms with Gasteiger partial charge in [-0.2, -0.15) is 0 Å². The molecular weight excluding hydrogens is 250 g/mol. The lowest BCUT2D eigenvalue weighted by atomic mass is 10.3. The zero-order chi connectivity index (χ0) is 13.1. The van der Waals surface area contributed by atoms with E-state index in [4.69, 9.17) is 23.1 Å². The third kappa shape index (κ3) is 2.66. The number of imidazole rings is 1. The number of aliphatic hydroxyl groups is 2. The molecule has 1 aromatic heterocycles. The van der Waals surface area contributed by atoms with E-state index in [1.54, 1.807) is 0 Å². The minimum Gasteiger partial charge on any atom is -0.394 e. The largest absolute Gasteiger partial charge is 0.394 e. The summed E-state index contributed by atoms with van der Waals surface area (Å²) in [6, 6.07) is 7.60. The van der Waals surface area contributed by atoms with Gasteiger partial charge >= 0.3 is 0 Å². The lowest BCUT2D eigenvalue weighted by molar-refractivity contribution is 0.0815. The van der Waals surface area contributed by atoms with Gasteiger partial charge in [0.25, 0.3) is 0 Å². The second-order valence-electron chi connectivity index (χ2n) is 4.11. The SMILES string of the molecule is NC(=S)Cc1nc2ccccc2n1CC(O)CO. The number of thiocarbonyl (C=S) groups is 1. The monoisotopic (exact) mass is 265 g/mol. The average Bonchev–Trinajstić information content (AvgIpc) is 2.66. The van der Waals surface area contributed by atoms with E-state index in [9.17, 15) is 5.11 Å². The van der Waals surface area contributed by atoms with Crippen molar-refractivity contribution >= 4 is 28.2 Å². The summed E-state index contributed by atoms with van der Waals surface area (Å²) in [6.45, 7) is -0.0199. The van der Waals surface area contributed by atoms with Gasteiger partial charge in [-0.05, 0) is 12.1 Å². The number of hydrogen-bond acceptors (Lipinski definition) is 4. The second-order valence-corrected chi connectivity index (χ2v) is 4.63. The van der Waals surface area contributed by atoms with Crippen molar-refractivity contribution in [1.29, 1.82) is 0 Å². The van der Waals surface area contributed by atoms with Gasteiger partial charge in [0.15, 0.2) is 0 Å². The highest BCUT2D eigenvalue weighted by Gasteiger charge is 2.13. The van der Waals surface area contributed by atoms with Crippen molar-refractivity contribution in [2.75, 3.05) is 6.61 Å². The summed E-state index contributed by atoms with van der Waals surface area (Å²) in [6.07, 6.45) is -0.449. The molecule has 0 saturated carbocycles. The summed E-state index contributed by atoms with van der Waals surface area (Å²) in [7, 11) is 0. The maximum absolute atomic E-state index is 9.59. The Bertz CT molecular complexity index is 567. The summed E-state index contributed by atoms with van der Waals surface area (Å²) in [5.41, 5.74) is 7.27. The van der Waals surface area contributed by atoms with E-state index in [0.717, 1.165) is 11.0 Å². The van der Waals surface area contributed by atoms with Crippen molar-refractivity contribution in [1.82, 2.24) is 9.55 Å². The molecule has 0 fully saturated rings. The Balaban J connectivity index is 2.46. The summed E-state index contributed by atoms with van der Waals surface area (Å²) in [4.78, 5) is 4.79. The van der Waals surface area contributed by atoms with Crippen LogP contribution >= 0.6 is 12.2 Å². The third-order valence-corrected chi connectivity index (χ3v) is 2.81. The Morgan fingerprint density at radius 1 is 1.44 bits per heavy atom. The van der Waals surface area contributed by atoms with Crippen LogP contribution < -0.4 is 5.73 Å². The number of para-hydroxylation sites is 2. The number of nitrogens with zero attached hydrogens (tertiary/aromatic N) is 2. The van der Waals surface area contributed by atoms with Gasteiger partial charge in [-0.15, -0.1) is 0 Å². The van der Waals surface area contributed by atoms with E-state index in [1.807, 2.05) is 28.8 Å². The van der Waals surface area contributed by atoms with E-state index in [2.05, 4.69) is 4.98 Å². The molecule has 1 atom stereocenters. The first-order valence-electron chi connectivity index (χ1n) is 5.63. The maximum atomic E-state index is 9.59. The highest BCUT2D eigenvalue weighted by atomic mass is 32.1. The number of benzene rings is 1. The van der Waals surface area contributed by atoms with Crippen LogP contribution in [0.3, 0.4) is 0 Å². The molecule has 0 spiro atoms. The van der Waals surface area contributed by atoms with E-state index < -0.39 is 6.10 Å². The highest BCUT2D eigenvalue weighted by Crippen LogP contribution is 2.17. The molecule has 5 nitrogen and oxygen atoms in total. The number of fused-ring (bicyclic) bond motifs is 1. The molecular formula is C12H15N3O2S. The topological polar surface area (TPSA) is 84.3 Å². The minimum absolute atomic E-state index is 0.273. The first-order valence-corrected chi connectivity index (χ1v) is 6.04. The first kappa shape index (κ1) is 12.9. The van der Waals surface area contributed by atoms with Gasteiger partial charge in [-0.25, -0.2) is 4.98 Å². The normalized spacial score (nSPS) is 12.8. The van der Waals surface area contributed by atoms with Crippen molar-refractivity contribution in [2.24, 2.45) is 5.73 Å². The number of aliphatic hydroxyl groups excluding tert-OH is 2. The summed E-state index contributed by atoms with van der Waals surface area (Å²) in [5.74, 6) is 0.705. The van der Waals surface area contributed by atoms with Crippen LogP contribution in [0.5, 0.6) is 0 Å². The highest BCUT2D eigenvalue weighted by molar-refractivity contribution is 7.80. The zero-order valence-corrected chi connectivity index (χ0v) is 10.6. The van der Waals surface area contributed by atoms with Gasteiger partial charge < -0.3 is 20.5 Å². The third-order valence-electron chi connectivity index (χ3n) is 2.67. The van der Waals surface area contributed by atoms with Gasteiger partial charge in [0.2, 0.25) is 0 Å². The summed E-state index contributed by atoms with van der Waals surface area (Å²) < 4.78 is 1.84. The number of rotatable bonds is 5. The maximum Gasteiger partial charge on any atom is 0.116 e. The van der Waals surface area contributed by atoms with E-state index in [-0.39, 0.29) is 13.2 Å². The molecule has 1 aromatic carbocycles. The van der Waals surface area contributed by atoms with Gasteiger partial charge in [0, 0.05) is 0 Å². The molecule has 0 saturated heterocycles. The molecule has 4 N–H and O–H groups in total.